The van der Waals surface area contributed by atoms with Gasteiger partial charge in [0.15, 0.2) is 0 Å². The van der Waals surface area contributed by atoms with Gasteiger partial charge in [0, 0.05) is 18.2 Å². The summed E-state index contributed by atoms with van der Waals surface area (Å²) in [6, 6.07) is 18.3. The molecule has 2 aromatic rings. The van der Waals surface area contributed by atoms with Crippen molar-refractivity contribution in [1.29, 1.82) is 0 Å². The highest BCUT2D eigenvalue weighted by atomic mass is 16.5. The lowest BCUT2D eigenvalue weighted by Gasteiger charge is -2.37. The van der Waals surface area contributed by atoms with E-state index in [1.807, 2.05) is 0 Å². The Balaban J connectivity index is 2.02. The zero-order valence-corrected chi connectivity index (χ0v) is 14.3. The van der Waals surface area contributed by atoms with Gasteiger partial charge >= 0.3 is 0 Å². The van der Waals surface area contributed by atoms with E-state index in [1.54, 1.807) is 0 Å². The Morgan fingerprint density at radius 2 is 1.57 bits per heavy atom. The number of hydrogen-bond acceptors (Lipinski definition) is 2. The lowest BCUT2D eigenvalue weighted by molar-refractivity contribution is 0.0942. The summed E-state index contributed by atoms with van der Waals surface area (Å²) in [7, 11) is 0. The van der Waals surface area contributed by atoms with Gasteiger partial charge in [0.2, 0.25) is 0 Å². The minimum Gasteiger partial charge on any atom is -0.377 e. The largest absolute Gasteiger partial charge is 0.377 e. The van der Waals surface area contributed by atoms with E-state index in [9.17, 15) is 0 Å². The first kappa shape index (κ1) is 14.8. The topological polar surface area (TPSA) is 12.5 Å². The molecule has 120 valence electrons. The van der Waals surface area contributed by atoms with Crippen LogP contribution in [0.5, 0.6) is 0 Å². The van der Waals surface area contributed by atoms with Gasteiger partial charge in [-0.15, -0.1) is 0 Å². The van der Waals surface area contributed by atoms with E-state index in [-0.39, 0.29) is 5.41 Å². The molecule has 0 N–H and O–H groups in total. The third kappa shape index (κ3) is 2.36. The first-order chi connectivity index (χ1) is 11.1. The maximum atomic E-state index is 5.85. The van der Waals surface area contributed by atoms with Gasteiger partial charge in [-0.05, 0) is 28.2 Å². The molecule has 2 atom stereocenters. The molecule has 1 saturated heterocycles. The smallest absolute Gasteiger partial charge is 0.0780 e. The molecule has 0 aromatic heterocycles. The fraction of sp³-hybridized carbons (Fsp3) is 0.429. The van der Waals surface area contributed by atoms with Crippen LogP contribution in [0.1, 0.15) is 49.4 Å². The van der Waals surface area contributed by atoms with Crippen LogP contribution in [0.3, 0.4) is 0 Å². The van der Waals surface area contributed by atoms with Crippen molar-refractivity contribution in [1.82, 2.24) is 0 Å². The molecule has 0 amide bonds. The molecule has 1 fully saturated rings. The van der Waals surface area contributed by atoms with Crippen molar-refractivity contribution in [2.75, 3.05) is 24.7 Å². The fourth-order valence-corrected chi connectivity index (χ4v) is 4.32. The van der Waals surface area contributed by atoms with Gasteiger partial charge in [-0.25, -0.2) is 0 Å². The van der Waals surface area contributed by atoms with Crippen molar-refractivity contribution in [3.8, 4) is 0 Å². The number of para-hydroxylation sites is 1. The molecule has 2 nitrogen and oxygen atoms in total. The van der Waals surface area contributed by atoms with E-state index in [2.05, 4.69) is 74.2 Å². The van der Waals surface area contributed by atoms with Crippen LogP contribution in [0.2, 0.25) is 0 Å². The maximum Gasteiger partial charge on any atom is 0.0780 e. The summed E-state index contributed by atoms with van der Waals surface area (Å²) in [5.41, 5.74) is 5.91. The van der Waals surface area contributed by atoms with E-state index < -0.39 is 0 Å². The standard InChI is InChI=1S/C21H25NO/c1-21(2,3)20-16-9-5-4-8-15(16)19-14-23-13-12-22(19)18-11-7-6-10-17(18)20/h4-11,19-20H,12-14H2,1-3H3. The fourth-order valence-electron chi connectivity index (χ4n) is 4.32. The molecule has 0 aliphatic carbocycles. The van der Waals surface area contributed by atoms with Gasteiger partial charge in [-0.2, -0.15) is 0 Å². The highest BCUT2D eigenvalue weighted by molar-refractivity contribution is 5.63. The molecule has 0 spiro atoms. The summed E-state index contributed by atoms with van der Waals surface area (Å²) < 4.78 is 5.85. The number of hydrogen-bond donors (Lipinski definition) is 0. The molecule has 2 heteroatoms. The average molecular weight is 307 g/mol. The van der Waals surface area contributed by atoms with Gasteiger partial charge in [-0.3, -0.25) is 0 Å². The third-order valence-electron chi connectivity index (χ3n) is 5.22. The van der Waals surface area contributed by atoms with Crippen molar-refractivity contribution in [3.05, 3.63) is 65.2 Å². The second-order valence-corrected chi connectivity index (χ2v) is 7.77. The van der Waals surface area contributed by atoms with E-state index >= 15 is 0 Å². The van der Waals surface area contributed by atoms with Crippen LogP contribution in [-0.4, -0.2) is 19.8 Å². The van der Waals surface area contributed by atoms with Crippen molar-refractivity contribution in [2.24, 2.45) is 5.41 Å². The van der Waals surface area contributed by atoms with Crippen LogP contribution in [-0.2, 0) is 4.74 Å². The second kappa shape index (κ2) is 5.38. The molecule has 4 rings (SSSR count). The van der Waals surface area contributed by atoms with Crippen molar-refractivity contribution >= 4 is 5.69 Å². The van der Waals surface area contributed by atoms with Gasteiger partial charge in [0.05, 0.1) is 19.3 Å². The Morgan fingerprint density at radius 3 is 2.30 bits per heavy atom. The molecule has 2 aliphatic rings. The van der Waals surface area contributed by atoms with Crippen molar-refractivity contribution in [3.63, 3.8) is 0 Å². The Kier molecular flexibility index (Phi) is 3.46. The minimum absolute atomic E-state index is 0.168. The van der Waals surface area contributed by atoms with E-state index in [1.165, 1.54) is 22.4 Å². The number of rotatable bonds is 0. The predicted molar refractivity (Wildman–Crippen MR) is 95.1 cm³/mol. The first-order valence-corrected chi connectivity index (χ1v) is 8.59. The average Bonchev–Trinajstić information content (AvgIpc) is 2.67. The lowest BCUT2D eigenvalue weighted by Crippen LogP contribution is -2.39. The SMILES string of the molecule is CC(C)(C)C1c2ccccc2C2COCCN2c2ccccc21. The highest BCUT2D eigenvalue weighted by Crippen LogP contribution is 2.50. The van der Waals surface area contributed by atoms with Gasteiger partial charge in [-0.1, -0.05) is 63.2 Å². The van der Waals surface area contributed by atoms with E-state index in [0.29, 0.717) is 12.0 Å². The summed E-state index contributed by atoms with van der Waals surface area (Å²) in [4.78, 5) is 2.56. The van der Waals surface area contributed by atoms with Crippen LogP contribution in [0.25, 0.3) is 0 Å². The Bertz CT molecular complexity index is 660. The van der Waals surface area contributed by atoms with E-state index in [4.69, 9.17) is 4.74 Å². The summed E-state index contributed by atoms with van der Waals surface area (Å²) >= 11 is 0. The Hall–Kier alpha value is -1.80. The molecule has 2 aromatic carbocycles. The zero-order chi connectivity index (χ0) is 16.0. The second-order valence-electron chi connectivity index (χ2n) is 7.77. The molecule has 0 saturated carbocycles. The van der Waals surface area contributed by atoms with Crippen LogP contribution in [0, 0.1) is 5.41 Å². The first-order valence-electron chi connectivity index (χ1n) is 8.59. The minimum atomic E-state index is 0.168. The molecule has 0 radical (unpaired) electrons. The monoisotopic (exact) mass is 307 g/mol. The molecular weight excluding hydrogens is 282 g/mol. The van der Waals surface area contributed by atoms with Crippen LogP contribution < -0.4 is 4.90 Å². The number of anilines is 1. The number of ether oxygens (including phenoxy) is 1. The van der Waals surface area contributed by atoms with Crippen molar-refractivity contribution < 1.29 is 4.74 Å². The molecular formula is C21H25NO. The highest BCUT2D eigenvalue weighted by Gasteiger charge is 2.39. The normalized spacial score (nSPS) is 23.5. The molecule has 2 aliphatic heterocycles. The van der Waals surface area contributed by atoms with Crippen LogP contribution >= 0.6 is 0 Å². The summed E-state index contributed by atoms with van der Waals surface area (Å²) in [5, 5.41) is 0. The molecule has 2 heterocycles. The van der Waals surface area contributed by atoms with Gasteiger partial charge in [0.1, 0.15) is 0 Å². The number of benzene rings is 2. The molecule has 23 heavy (non-hydrogen) atoms. The van der Waals surface area contributed by atoms with Crippen molar-refractivity contribution in [2.45, 2.75) is 32.7 Å². The molecule has 0 bridgehead atoms. The number of nitrogens with zero attached hydrogens (tertiary/aromatic N) is 1. The number of morpholine rings is 1. The van der Waals surface area contributed by atoms with E-state index in [0.717, 1.165) is 19.8 Å². The quantitative estimate of drug-likeness (QED) is 0.696. The third-order valence-corrected chi connectivity index (χ3v) is 5.22. The zero-order valence-electron chi connectivity index (χ0n) is 14.3. The molecule has 2 unspecified atom stereocenters. The predicted octanol–water partition coefficient (Wildman–Crippen LogP) is 4.76. The maximum absolute atomic E-state index is 5.85. The van der Waals surface area contributed by atoms with Crippen LogP contribution in [0.4, 0.5) is 5.69 Å². The Labute approximate surface area is 139 Å². The summed E-state index contributed by atoms with van der Waals surface area (Å²) in [6.45, 7) is 9.62. The Morgan fingerprint density at radius 1 is 0.913 bits per heavy atom. The van der Waals surface area contributed by atoms with Crippen LogP contribution in [0.15, 0.2) is 48.5 Å². The summed E-state index contributed by atoms with van der Waals surface area (Å²) in [5.74, 6) is 0.403. The summed E-state index contributed by atoms with van der Waals surface area (Å²) in [6.07, 6.45) is 0. The van der Waals surface area contributed by atoms with Gasteiger partial charge < -0.3 is 9.64 Å². The van der Waals surface area contributed by atoms with Gasteiger partial charge in [0.25, 0.3) is 0 Å². The lowest BCUT2D eigenvalue weighted by atomic mass is 9.71. The number of fused-ring (bicyclic) bond motifs is 5.